The quantitative estimate of drug-likeness (QED) is 0.728. The van der Waals surface area contributed by atoms with Crippen molar-refractivity contribution in [2.24, 2.45) is 0 Å². The number of methoxy groups -OCH3 is 1. The number of aromatic amines is 1. The molecule has 0 saturated carbocycles. The van der Waals surface area contributed by atoms with Crippen molar-refractivity contribution >= 4 is 33.4 Å². The van der Waals surface area contributed by atoms with Crippen LogP contribution in [0, 0.1) is 4.77 Å². The highest BCUT2D eigenvalue weighted by Crippen LogP contribution is 2.22. The molecule has 0 amide bonds. The molecule has 1 aliphatic heterocycles. The summed E-state index contributed by atoms with van der Waals surface area (Å²) in [6.45, 7) is 1.66. The highest BCUT2D eigenvalue weighted by Gasteiger charge is 2.32. The summed E-state index contributed by atoms with van der Waals surface area (Å²) in [5.41, 5.74) is 0. The van der Waals surface area contributed by atoms with Crippen molar-refractivity contribution in [1.29, 1.82) is 0 Å². The van der Waals surface area contributed by atoms with Gasteiger partial charge >= 0.3 is 0 Å². The van der Waals surface area contributed by atoms with Gasteiger partial charge in [-0.3, -0.25) is 10.00 Å². The largest absolute Gasteiger partial charge is 0.383 e. The van der Waals surface area contributed by atoms with Crippen LogP contribution < -0.4 is 0 Å². The molecule has 1 aliphatic rings. The predicted molar refractivity (Wildman–Crippen MR) is 96.4 cm³/mol. The molecule has 0 aliphatic carbocycles. The Labute approximate surface area is 150 Å². The molecule has 0 radical (unpaired) electrons. The number of hydrogen-bond acceptors (Lipinski definition) is 7. The summed E-state index contributed by atoms with van der Waals surface area (Å²) in [5, 5.41) is 5.20. The summed E-state index contributed by atoms with van der Waals surface area (Å²) in [7, 11) is -1.30. The third-order valence-corrected chi connectivity index (χ3v) is 7.00. The summed E-state index contributed by atoms with van der Waals surface area (Å²) < 4.78 is 31.0. The van der Waals surface area contributed by atoms with Crippen molar-refractivity contribution < 1.29 is 13.2 Å². The molecule has 1 atom stereocenters. The van der Waals surface area contributed by atoms with Gasteiger partial charge in [0.05, 0.1) is 29.7 Å². The minimum Gasteiger partial charge on any atom is -0.383 e. The molecule has 132 valence electrons. The lowest BCUT2D eigenvalue weighted by molar-refractivity contribution is 0.0982. The average molecular weight is 389 g/mol. The van der Waals surface area contributed by atoms with Crippen LogP contribution in [0.4, 0.5) is 0 Å². The van der Waals surface area contributed by atoms with Crippen molar-refractivity contribution in [1.82, 2.24) is 19.7 Å². The number of aromatic nitrogens is 3. The fraction of sp³-hybridized carbons (Fsp3) is 0.571. The van der Waals surface area contributed by atoms with Gasteiger partial charge in [-0.05, 0) is 30.1 Å². The first-order valence-corrected chi connectivity index (χ1v) is 10.7. The van der Waals surface area contributed by atoms with Crippen LogP contribution in [0.15, 0.2) is 17.5 Å². The molecule has 0 aromatic carbocycles. The molecular formula is C14H20N4O3S3. The first-order chi connectivity index (χ1) is 11.5. The summed E-state index contributed by atoms with van der Waals surface area (Å²) in [5.74, 6) is 1.17. The molecule has 1 saturated heterocycles. The van der Waals surface area contributed by atoms with Crippen LogP contribution in [0.5, 0.6) is 0 Å². The molecule has 1 fully saturated rings. The Morgan fingerprint density at radius 1 is 1.58 bits per heavy atom. The molecule has 7 nitrogen and oxygen atoms in total. The van der Waals surface area contributed by atoms with E-state index in [1.807, 2.05) is 17.5 Å². The zero-order valence-corrected chi connectivity index (χ0v) is 15.8. The van der Waals surface area contributed by atoms with E-state index in [1.54, 1.807) is 23.1 Å². The minimum absolute atomic E-state index is 0.0134. The molecule has 0 unspecified atom stereocenters. The van der Waals surface area contributed by atoms with E-state index in [-0.39, 0.29) is 17.5 Å². The lowest BCUT2D eigenvalue weighted by Crippen LogP contribution is -2.40. The van der Waals surface area contributed by atoms with Crippen molar-refractivity contribution in [3.63, 3.8) is 0 Å². The number of ether oxygens (including phenoxy) is 1. The van der Waals surface area contributed by atoms with Gasteiger partial charge in [0.25, 0.3) is 0 Å². The molecule has 0 spiro atoms. The van der Waals surface area contributed by atoms with E-state index in [1.165, 1.54) is 0 Å². The third kappa shape index (κ3) is 4.12. The maximum atomic E-state index is 11.8. The average Bonchev–Trinajstić information content (AvgIpc) is 3.24. The highest BCUT2D eigenvalue weighted by molar-refractivity contribution is 7.91. The van der Waals surface area contributed by atoms with E-state index < -0.39 is 9.84 Å². The van der Waals surface area contributed by atoms with Crippen LogP contribution in [0.3, 0.4) is 0 Å². The second-order valence-corrected chi connectivity index (χ2v) is 9.31. The number of sulfone groups is 1. The smallest absolute Gasteiger partial charge is 0.217 e. The number of nitrogens with one attached hydrogen (secondary N) is 1. The molecule has 1 N–H and O–H groups in total. The van der Waals surface area contributed by atoms with Crippen LogP contribution in [0.2, 0.25) is 0 Å². The summed E-state index contributed by atoms with van der Waals surface area (Å²) in [6, 6.07) is 3.93. The zero-order valence-electron chi connectivity index (χ0n) is 13.3. The summed E-state index contributed by atoms with van der Waals surface area (Å²) >= 11 is 6.94. The lowest BCUT2D eigenvalue weighted by atomic mass is 10.2. The van der Waals surface area contributed by atoms with Gasteiger partial charge in [0, 0.05) is 19.7 Å². The first-order valence-electron chi connectivity index (χ1n) is 7.62. The second kappa shape index (κ2) is 7.44. The van der Waals surface area contributed by atoms with Gasteiger partial charge in [-0.15, -0.1) is 11.3 Å². The zero-order chi connectivity index (χ0) is 17.2. The first kappa shape index (κ1) is 17.7. The van der Waals surface area contributed by atoms with Gasteiger partial charge in [0.1, 0.15) is 0 Å². The molecule has 0 bridgehead atoms. The molecule has 3 rings (SSSR count). The topological polar surface area (TPSA) is 80.2 Å². The van der Waals surface area contributed by atoms with E-state index in [9.17, 15) is 8.42 Å². The molecule has 2 aromatic heterocycles. The van der Waals surface area contributed by atoms with E-state index in [0.29, 0.717) is 31.0 Å². The summed E-state index contributed by atoms with van der Waals surface area (Å²) in [4.78, 5) is 7.52. The monoisotopic (exact) mass is 388 g/mol. The Bertz CT molecular complexity index is 826. The molecule has 24 heavy (non-hydrogen) atoms. The number of thiophene rings is 1. The Hall–Kier alpha value is -1.07. The normalized spacial score (nSPS) is 20.0. The van der Waals surface area contributed by atoms with Crippen LogP contribution >= 0.6 is 23.6 Å². The van der Waals surface area contributed by atoms with Gasteiger partial charge in [0.15, 0.2) is 15.7 Å². The van der Waals surface area contributed by atoms with E-state index in [4.69, 9.17) is 17.0 Å². The van der Waals surface area contributed by atoms with Crippen LogP contribution in [0.1, 0.15) is 6.42 Å². The van der Waals surface area contributed by atoms with Gasteiger partial charge < -0.3 is 4.74 Å². The molecule has 2 aromatic rings. The molecule has 10 heteroatoms. The molecular weight excluding hydrogens is 368 g/mol. The van der Waals surface area contributed by atoms with Crippen molar-refractivity contribution in [3.8, 4) is 10.7 Å². The van der Waals surface area contributed by atoms with Crippen molar-refractivity contribution in [3.05, 3.63) is 22.3 Å². The van der Waals surface area contributed by atoms with Crippen molar-refractivity contribution in [2.45, 2.75) is 19.1 Å². The van der Waals surface area contributed by atoms with E-state index >= 15 is 0 Å². The molecule has 3 heterocycles. The fourth-order valence-electron chi connectivity index (χ4n) is 2.80. The number of nitrogens with zero attached hydrogens (tertiary/aromatic N) is 3. The maximum absolute atomic E-state index is 11.8. The van der Waals surface area contributed by atoms with Crippen LogP contribution in [-0.2, 0) is 21.2 Å². The van der Waals surface area contributed by atoms with Gasteiger partial charge in [-0.1, -0.05) is 6.07 Å². The highest BCUT2D eigenvalue weighted by atomic mass is 32.2. The summed E-state index contributed by atoms with van der Waals surface area (Å²) in [6.07, 6.45) is 0.644. The predicted octanol–water partition coefficient (Wildman–Crippen LogP) is 1.76. The van der Waals surface area contributed by atoms with E-state index in [0.717, 1.165) is 10.7 Å². The Kier molecular flexibility index (Phi) is 5.50. The number of rotatable bonds is 7. The number of hydrogen-bond donors (Lipinski definition) is 1. The van der Waals surface area contributed by atoms with Gasteiger partial charge in [0.2, 0.25) is 4.77 Å². The maximum Gasteiger partial charge on any atom is 0.217 e. The minimum atomic E-state index is -2.94. The van der Waals surface area contributed by atoms with Crippen LogP contribution in [0.25, 0.3) is 10.7 Å². The third-order valence-electron chi connectivity index (χ3n) is 4.06. The van der Waals surface area contributed by atoms with Gasteiger partial charge in [-0.25, -0.2) is 13.1 Å². The Morgan fingerprint density at radius 3 is 3.04 bits per heavy atom. The fourth-order valence-corrected chi connectivity index (χ4v) is 5.42. The van der Waals surface area contributed by atoms with Crippen molar-refractivity contribution in [2.75, 3.05) is 31.8 Å². The van der Waals surface area contributed by atoms with Gasteiger partial charge in [-0.2, -0.15) is 4.98 Å². The van der Waals surface area contributed by atoms with Crippen LogP contribution in [-0.4, -0.2) is 65.9 Å². The SMILES string of the molecule is COCCN(Cn1[nH]c(-c2cccs2)nc1=S)[C@@H]1CCS(=O)(=O)C1. The second-order valence-electron chi connectivity index (χ2n) is 5.76. The number of H-pyrrole nitrogens is 1. The Morgan fingerprint density at radius 2 is 2.42 bits per heavy atom. The Balaban J connectivity index is 1.79. The lowest BCUT2D eigenvalue weighted by Gasteiger charge is -2.27. The van der Waals surface area contributed by atoms with E-state index in [2.05, 4.69) is 15.0 Å². The standard InChI is InChI=1S/C14H20N4O3S3/c1-21-6-5-17(11-4-8-24(19,20)9-11)10-18-14(22)15-13(16-18)12-3-2-7-23-12/h2-3,7,11H,4-6,8-10H2,1H3,(H,15,16,22)/t11-/m1/s1.